The second-order valence-electron chi connectivity index (χ2n) is 11.7. The van der Waals surface area contributed by atoms with Crippen molar-refractivity contribution in [3.8, 4) is 0 Å². The van der Waals surface area contributed by atoms with Crippen LogP contribution in [0.3, 0.4) is 0 Å². The molecule has 0 aromatic heterocycles. The molecule has 1 saturated carbocycles. The maximum Gasteiger partial charge on any atom is 0.264 e. The van der Waals surface area contributed by atoms with Crippen molar-refractivity contribution in [3.05, 3.63) is 129 Å². The van der Waals surface area contributed by atoms with E-state index in [1.807, 2.05) is 61.5 Å². The van der Waals surface area contributed by atoms with Gasteiger partial charge in [0.1, 0.15) is 12.6 Å². The van der Waals surface area contributed by atoms with Gasteiger partial charge >= 0.3 is 0 Å². The number of benzene rings is 4. The number of amides is 2. The standard InChI is InChI=1S/C36H37BrClN3O4S/c1-26-17-19-33(20-18-26)46(44,45)41(32-16-8-13-30(38)23-32)25-35(42)40(24-28-11-7-12-29(37)21-28)34(22-27-9-3-2-4-10-27)36(43)39-31-14-5-6-15-31/h2-4,7-13,16-21,23,31,34H,5-6,14-15,22,24-25H2,1H3,(H,39,43)/t34-/m1/s1. The predicted molar refractivity (Wildman–Crippen MR) is 186 cm³/mol. The van der Waals surface area contributed by atoms with Crippen molar-refractivity contribution in [1.82, 2.24) is 10.2 Å². The number of sulfonamides is 1. The van der Waals surface area contributed by atoms with Gasteiger partial charge in [-0.05, 0) is 73.4 Å². The molecule has 0 unspecified atom stereocenters. The zero-order valence-corrected chi connectivity index (χ0v) is 28.8. The largest absolute Gasteiger partial charge is 0.352 e. The van der Waals surface area contributed by atoms with E-state index in [4.69, 9.17) is 11.6 Å². The Morgan fingerprint density at radius 2 is 1.57 bits per heavy atom. The van der Waals surface area contributed by atoms with Gasteiger partial charge in [0.2, 0.25) is 11.8 Å². The first-order chi connectivity index (χ1) is 22.1. The number of rotatable bonds is 12. The quantitative estimate of drug-likeness (QED) is 0.166. The number of hydrogen-bond acceptors (Lipinski definition) is 4. The Hall–Kier alpha value is -3.66. The van der Waals surface area contributed by atoms with Gasteiger partial charge in [0.15, 0.2) is 0 Å². The summed E-state index contributed by atoms with van der Waals surface area (Å²) >= 11 is 9.84. The summed E-state index contributed by atoms with van der Waals surface area (Å²) in [5.41, 5.74) is 2.84. The van der Waals surface area contributed by atoms with E-state index in [1.54, 1.807) is 30.3 Å². The number of anilines is 1. The van der Waals surface area contributed by atoms with Crippen molar-refractivity contribution in [2.24, 2.45) is 0 Å². The van der Waals surface area contributed by atoms with E-state index >= 15 is 0 Å². The summed E-state index contributed by atoms with van der Waals surface area (Å²) in [4.78, 5) is 30.3. The Morgan fingerprint density at radius 3 is 2.24 bits per heavy atom. The fourth-order valence-electron chi connectivity index (χ4n) is 5.75. The Balaban J connectivity index is 1.57. The van der Waals surface area contributed by atoms with Crippen LogP contribution in [-0.4, -0.2) is 43.8 Å². The molecule has 0 aliphatic heterocycles. The molecule has 46 heavy (non-hydrogen) atoms. The average Bonchev–Trinajstić information content (AvgIpc) is 3.55. The molecule has 5 rings (SSSR count). The Bertz CT molecular complexity index is 1760. The van der Waals surface area contributed by atoms with Crippen LogP contribution in [0.15, 0.2) is 112 Å². The molecule has 240 valence electrons. The number of nitrogens with one attached hydrogen (secondary N) is 1. The molecule has 10 heteroatoms. The Labute approximate surface area is 284 Å². The maximum absolute atomic E-state index is 14.6. The molecule has 0 radical (unpaired) electrons. The zero-order chi connectivity index (χ0) is 32.7. The summed E-state index contributed by atoms with van der Waals surface area (Å²) in [6.07, 6.45) is 4.13. The average molecular weight is 723 g/mol. The predicted octanol–water partition coefficient (Wildman–Crippen LogP) is 7.31. The summed E-state index contributed by atoms with van der Waals surface area (Å²) in [6, 6.07) is 29.2. The topological polar surface area (TPSA) is 86.8 Å². The lowest BCUT2D eigenvalue weighted by atomic mass is 10.0. The number of hydrogen-bond donors (Lipinski definition) is 1. The molecule has 2 amide bonds. The van der Waals surface area contributed by atoms with Gasteiger partial charge in [0, 0.05) is 28.5 Å². The molecule has 1 aliphatic carbocycles. The van der Waals surface area contributed by atoms with E-state index in [-0.39, 0.29) is 35.5 Å². The Kier molecular flexibility index (Phi) is 11.2. The smallest absolute Gasteiger partial charge is 0.264 e. The number of carbonyl (C=O) groups is 2. The lowest BCUT2D eigenvalue weighted by molar-refractivity contribution is -0.140. The number of halogens is 2. The van der Waals surface area contributed by atoms with E-state index in [1.165, 1.54) is 23.1 Å². The third kappa shape index (κ3) is 8.57. The molecular formula is C36H37BrClN3O4S. The van der Waals surface area contributed by atoms with Gasteiger partial charge < -0.3 is 10.2 Å². The van der Waals surface area contributed by atoms with Crippen molar-refractivity contribution < 1.29 is 18.0 Å². The normalized spacial score (nSPS) is 14.1. The van der Waals surface area contributed by atoms with E-state index in [0.29, 0.717) is 5.02 Å². The zero-order valence-electron chi connectivity index (χ0n) is 25.6. The van der Waals surface area contributed by atoms with Gasteiger partial charge in [0.25, 0.3) is 10.0 Å². The molecule has 1 atom stereocenters. The molecule has 4 aromatic rings. The highest BCUT2D eigenvalue weighted by Crippen LogP contribution is 2.28. The summed E-state index contributed by atoms with van der Waals surface area (Å²) < 4.78 is 30.2. The van der Waals surface area contributed by atoms with Crippen LogP contribution in [0.25, 0.3) is 0 Å². The molecule has 4 aromatic carbocycles. The lowest BCUT2D eigenvalue weighted by Crippen LogP contribution is -2.54. The minimum atomic E-state index is -4.20. The summed E-state index contributed by atoms with van der Waals surface area (Å²) in [6.45, 7) is 1.44. The minimum Gasteiger partial charge on any atom is -0.352 e. The maximum atomic E-state index is 14.6. The van der Waals surface area contributed by atoms with Crippen molar-refractivity contribution in [3.63, 3.8) is 0 Å². The molecule has 0 bridgehead atoms. The first-order valence-corrected chi connectivity index (χ1v) is 17.9. The van der Waals surface area contributed by atoms with Gasteiger partial charge in [-0.15, -0.1) is 0 Å². The van der Waals surface area contributed by atoms with Crippen LogP contribution in [0.4, 0.5) is 5.69 Å². The molecule has 0 spiro atoms. The van der Waals surface area contributed by atoms with E-state index in [2.05, 4.69) is 21.2 Å². The minimum absolute atomic E-state index is 0.0402. The van der Waals surface area contributed by atoms with Crippen molar-refractivity contribution in [1.29, 1.82) is 0 Å². The SMILES string of the molecule is Cc1ccc(S(=O)(=O)N(CC(=O)N(Cc2cccc(Br)c2)[C@H](Cc2ccccc2)C(=O)NC2CCCC2)c2cccc(Cl)c2)cc1. The van der Waals surface area contributed by atoms with Crippen LogP contribution in [0.2, 0.25) is 5.02 Å². The fourth-order valence-corrected chi connectivity index (χ4v) is 7.79. The third-order valence-corrected chi connectivity index (χ3v) is 10.7. The van der Waals surface area contributed by atoms with Gasteiger partial charge in [0.05, 0.1) is 10.6 Å². The van der Waals surface area contributed by atoms with Gasteiger partial charge in [-0.1, -0.05) is 107 Å². The molecule has 7 nitrogen and oxygen atoms in total. The Morgan fingerprint density at radius 1 is 0.891 bits per heavy atom. The van der Waals surface area contributed by atoms with E-state index < -0.39 is 28.5 Å². The van der Waals surface area contributed by atoms with Gasteiger partial charge in [-0.2, -0.15) is 0 Å². The first kappa shape index (κ1) is 33.7. The third-order valence-electron chi connectivity index (χ3n) is 8.20. The van der Waals surface area contributed by atoms with Crippen LogP contribution < -0.4 is 9.62 Å². The van der Waals surface area contributed by atoms with Crippen molar-refractivity contribution in [2.75, 3.05) is 10.8 Å². The van der Waals surface area contributed by atoms with E-state index in [0.717, 1.165) is 51.2 Å². The lowest BCUT2D eigenvalue weighted by Gasteiger charge is -2.34. The first-order valence-electron chi connectivity index (χ1n) is 15.3. The molecule has 1 aliphatic rings. The van der Waals surface area contributed by atoms with Crippen LogP contribution in [0, 0.1) is 6.92 Å². The van der Waals surface area contributed by atoms with Crippen molar-refractivity contribution in [2.45, 2.75) is 62.6 Å². The van der Waals surface area contributed by atoms with Crippen LogP contribution in [0.5, 0.6) is 0 Å². The van der Waals surface area contributed by atoms with Crippen LogP contribution >= 0.6 is 27.5 Å². The molecule has 0 saturated heterocycles. The molecule has 1 N–H and O–H groups in total. The van der Waals surface area contributed by atoms with Crippen molar-refractivity contribution >= 4 is 55.1 Å². The van der Waals surface area contributed by atoms with E-state index in [9.17, 15) is 18.0 Å². The summed E-state index contributed by atoms with van der Waals surface area (Å²) in [5.74, 6) is -0.770. The number of nitrogens with zero attached hydrogens (tertiary/aromatic N) is 2. The van der Waals surface area contributed by atoms with Crippen LogP contribution in [0.1, 0.15) is 42.4 Å². The monoisotopic (exact) mass is 721 g/mol. The highest BCUT2D eigenvalue weighted by Gasteiger charge is 2.35. The summed E-state index contributed by atoms with van der Waals surface area (Å²) in [5, 5.41) is 3.53. The summed E-state index contributed by atoms with van der Waals surface area (Å²) in [7, 11) is -4.20. The van der Waals surface area contributed by atoms with Crippen LogP contribution in [-0.2, 0) is 32.6 Å². The number of aryl methyl sites for hydroxylation is 1. The van der Waals surface area contributed by atoms with Gasteiger partial charge in [-0.25, -0.2) is 8.42 Å². The molecular weight excluding hydrogens is 686 g/mol. The highest BCUT2D eigenvalue weighted by atomic mass is 79.9. The second-order valence-corrected chi connectivity index (χ2v) is 14.9. The number of carbonyl (C=O) groups excluding carboxylic acids is 2. The van der Waals surface area contributed by atoms with Gasteiger partial charge in [-0.3, -0.25) is 13.9 Å². The molecule has 1 fully saturated rings. The molecule has 0 heterocycles. The second kappa shape index (κ2) is 15.3. The fraction of sp³-hybridized carbons (Fsp3) is 0.278. The highest BCUT2D eigenvalue weighted by molar-refractivity contribution is 9.10.